The Bertz CT molecular complexity index is 848. The number of halogens is 1. The van der Waals surface area contributed by atoms with Crippen molar-refractivity contribution < 1.29 is 28.5 Å². The lowest BCUT2D eigenvalue weighted by molar-refractivity contribution is -0.146. The lowest BCUT2D eigenvalue weighted by Crippen LogP contribution is -2.49. The number of carbonyl (C=O) groups excluding carboxylic acids is 2. The molecule has 1 N–H and O–H groups in total. The lowest BCUT2D eigenvalue weighted by atomic mass is 9.79. The maximum absolute atomic E-state index is 13.3. The van der Waals surface area contributed by atoms with Crippen LogP contribution in [0.3, 0.4) is 0 Å². The van der Waals surface area contributed by atoms with Crippen LogP contribution in [0.5, 0.6) is 5.75 Å². The van der Waals surface area contributed by atoms with Crippen molar-refractivity contribution in [2.24, 2.45) is 0 Å². The van der Waals surface area contributed by atoms with Crippen LogP contribution in [0.1, 0.15) is 50.7 Å². The summed E-state index contributed by atoms with van der Waals surface area (Å²) in [5.74, 6) is -0.0157. The minimum absolute atomic E-state index is 0.114. The Balaban J connectivity index is 2.15. The number of amides is 1. The summed E-state index contributed by atoms with van der Waals surface area (Å²) in [4.78, 5) is 25.9. The first kappa shape index (κ1) is 23.6. The monoisotopic (exact) mass is 451 g/mol. The van der Waals surface area contributed by atoms with E-state index in [0.717, 1.165) is 18.4 Å². The maximum atomic E-state index is 13.3. The van der Waals surface area contributed by atoms with E-state index in [1.807, 2.05) is 13.0 Å². The first-order valence-electron chi connectivity index (χ1n) is 10.6. The zero-order valence-electron chi connectivity index (χ0n) is 18.5. The van der Waals surface area contributed by atoms with Gasteiger partial charge in [0, 0.05) is 24.3 Å². The third-order valence-electron chi connectivity index (χ3n) is 6.00. The summed E-state index contributed by atoms with van der Waals surface area (Å²) in [6, 6.07) is 3.48. The lowest BCUT2D eigenvalue weighted by Gasteiger charge is -2.37. The van der Waals surface area contributed by atoms with E-state index < -0.39 is 11.5 Å². The molecule has 0 radical (unpaired) electrons. The van der Waals surface area contributed by atoms with Crippen molar-refractivity contribution >= 4 is 29.1 Å². The van der Waals surface area contributed by atoms with Crippen LogP contribution < -0.4 is 10.1 Å². The van der Waals surface area contributed by atoms with Gasteiger partial charge in [0.2, 0.25) is 0 Å². The second-order valence-corrected chi connectivity index (χ2v) is 8.22. The topological polar surface area (TPSA) is 83.1 Å². The Labute approximate surface area is 188 Å². The molecule has 1 spiro atoms. The molecule has 0 unspecified atom stereocenters. The molecule has 8 heteroatoms. The summed E-state index contributed by atoms with van der Waals surface area (Å²) < 4.78 is 22.1. The molecule has 1 aromatic carbocycles. The molecule has 0 saturated heterocycles. The molecule has 0 bridgehead atoms. The molecule has 7 nitrogen and oxygen atoms in total. The average Bonchev–Trinajstić information content (AvgIpc) is 3.02. The highest BCUT2D eigenvalue weighted by Crippen LogP contribution is 2.46. The van der Waals surface area contributed by atoms with Crippen LogP contribution in [0.15, 0.2) is 17.9 Å². The highest BCUT2D eigenvalue weighted by molar-refractivity contribution is 6.31. The fourth-order valence-corrected chi connectivity index (χ4v) is 4.65. The van der Waals surface area contributed by atoms with E-state index in [4.69, 9.17) is 30.5 Å². The Morgan fingerprint density at radius 3 is 2.52 bits per heavy atom. The minimum atomic E-state index is -0.765. The van der Waals surface area contributed by atoms with E-state index in [9.17, 15) is 9.59 Å². The van der Waals surface area contributed by atoms with Crippen molar-refractivity contribution in [1.29, 1.82) is 0 Å². The number of benzene rings is 1. The van der Waals surface area contributed by atoms with Gasteiger partial charge in [-0.15, -0.1) is 0 Å². The first-order chi connectivity index (χ1) is 14.9. The molecule has 0 atom stereocenters. The van der Waals surface area contributed by atoms with Crippen molar-refractivity contribution in [3.8, 4) is 5.75 Å². The van der Waals surface area contributed by atoms with Gasteiger partial charge in [0.15, 0.2) is 0 Å². The zero-order valence-corrected chi connectivity index (χ0v) is 19.3. The minimum Gasteiger partial charge on any atom is -0.496 e. The molecule has 1 heterocycles. The summed E-state index contributed by atoms with van der Waals surface area (Å²) in [7, 11) is 3.22. The zero-order chi connectivity index (χ0) is 22.6. The van der Waals surface area contributed by atoms with Crippen molar-refractivity contribution in [3.63, 3.8) is 0 Å². The van der Waals surface area contributed by atoms with Gasteiger partial charge in [0.1, 0.15) is 18.1 Å². The number of carbonyl (C=O) groups is 2. The summed E-state index contributed by atoms with van der Waals surface area (Å²) >= 11 is 6.26. The second kappa shape index (κ2) is 10.0. The summed E-state index contributed by atoms with van der Waals surface area (Å²) in [6.45, 7) is 3.99. The van der Waals surface area contributed by atoms with Gasteiger partial charge in [-0.1, -0.05) is 18.5 Å². The van der Waals surface area contributed by atoms with E-state index in [1.165, 1.54) is 7.11 Å². The quantitative estimate of drug-likeness (QED) is 0.607. The van der Waals surface area contributed by atoms with Crippen LogP contribution in [0.25, 0.3) is 5.57 Å². The Hall–Kier alpha value is -2.09. The highest BCUT2D eigenvalue weighted by Gasteiger charge is 2.50. The number of rotatable bonds is 8. The van der Waals surface area contributed by atoms with Gasteiger partial charge in [-0.2, -0.15) is 0 Å². The number of ether oxygens (including phenoxy) is 4. The maximum Gasteiger partial charge on any atom is 0.337 e. The SMILES string of the molecule is CCOCC(=O)OC1=C(c2c(CC)cc(Cl)cc2OC)C(=O)NC12CCC(OC)CC2. The molecule has 0 aromatic heterocycles. The molecule has 1 aromatic rings. The highest BCUT2D eigenvalue weighted by atomic mass is 35.5. The van der Waals surface area contributed by atoms with Crippen LogP contribution in [-0.2, 0) is 30.2 Å². The van der Waals surface area contributed by atoms with E-state index >= 15 is 0 Å². The van der Waals surface area contributed by atoms with Gasteiger partial charge >= 0.3 is 5.97 Å². The van der Waals surface area contributed by atoms with Crippen LogP contribution >= 0.6 is 11.6 Å². The number of hydrogen-bond donors (Lipinski definition) is 1. The Morgan fingerprint density at radius 2 is 1.94 bits per heavy atom. The fraction of sp³-hybridized carbons (Fsp3) is 0.565. The molecule has 1 aliphatic heterocycles. The predicted octanol–water partition coefficient (Wildman–Crippen LogP) is 3.66. The van der Waals surface area contributed by atoms with Gasteiger partial charge in [0.05, 0.1) is 24.3 Å². The molecule has 2 aliphatic rings. The second-order valence-electron chi connectivity index (χ2n) is 7.78. The van der Waals surface area contributed by atoms with Crippen molar-refractivity contribution in [2.75, 3.05) is 27.4 Å². The van der Waals surface area contributed by atoms with Crippen molar-refractivity contribution in [3.05, 3.63) is 34.0 Å². The Morgan fingerprint density at radius 1 is 1.23 bits per heavy atom. The summed E-state index contributed by atoms with van der Waals surface area (Å²) in [6.07, 6.45) is 3.44. The Kier molecular flexibility index (Phi) is 7.62. The molecule has 1 saturated carbocycles. The van der Waals surface area contributed by atoms with Gasteiger partial charge in [-0.05, 0) is 56.7 Å². The number of hydrogen-bond acceptors (Lipinski definition) is 6. The number of methoxy groups -OCH3 is 2. The van der Waals surface area contributed by atoms with E-state index in [2.05, 4.69) is 5.32 Å². The molecule has 170 valence electrons. The first-order valence-corrected chi connectivity index (χ1v) is 11.0. The third kappa shape index (κ3) is 4.73. The van der Waals surface area contributed by atoms with E-state index in [1.54, 1.807) is 20.1 Å². The van der Waals surface area contributed by atoms with Gasteiger partial charge in [0.25, 0.3) is 5.91 Å². The van der Waals surface area contributed by atoms with E-state index in [-0.39, 0.29) is 18.6 Å². The number of esters is 1. The number of aryl methyl sites for hydroxylation is 1. The van der Waals surface area contributed by atoms with Crippen LogP contribution in [0.2, 0.25) is 5.02 Å². The third-order valence-corrected chi connectivity index (χ3v) is 6.22. The molecule has 31 heavy (non-hydrogen) atoms. The normalized spacial score (nSPS) is 23.3. The molecule has 3 rings (SSSR count). The van der Waals surface area contributed by atoms with Gasteiger partial charge in [-0.3, -0.25) is 4.79 Å². The van der Waals surface area contributed by atoms with Crippen LogP contribution in [0, 0.1) is 0 Å². The number of nitrogens with one attached hydrogen (secondary N) is 1. The van der Waals surface area contributed by atoms with E-state index in [0.29, 0.717) is 53.5 Å². The smallest absolute Gasteiger partial charge is 0.337 e. The van der Waals surface area contributed by atoms with Crippen molar-refractivity contribution in [2.45, 2.75) is 57.6 Å². The summed E-state index contributed by atoms with van der Waals surface area (Å²) in [5.41, 5.74) is 1.01. The fourth-order valence-electron chi connectivity index (χ4n) is 4.41. The summed E-state index contributed by atoms with van der Waals surface area (Å²) in [5, 5.41) is 3.63. The standard InChI is InChI=1S/C23H30ClNO6/c1-5-14-11-15(24)12-17(29-4)19(14)20-21(31-18(26)13-30-6-2)23(25-22(20)27)9-7-16(28-3)8-10-23/h11-12,16H,5-10,13H2,1-4H3,(H,25,27). The molecule has 1 fully saturated rings. The molecular formula is C23H30ClNO6. The molecule has 1 amide bonds. The van der Waals surface area contributed by atoms with Gasteiger partial charge < -0.3 is 24.3 Å². The average molecular weight is 452 g/mol. The van der Waals surface area contributed by atoms with Gasteiger partial charge in [-0.25, -0.2) is 4.79 Å². The molecule has 1 aliphatic carbocycles. The van der Waals surface area contributed by atoms with Crippen molar-refractivity contribution in [1.82, 2.24) is 5.32 Å². The van der Waals surface area contributed by atoms with Crippen LogP contribution in [-0.4, -0.2) is 51.0 Å². The van der Waals surface area contributed by atoms with Crippen LogP contribution in [0.4, 0.5) is 0 Å². The predicted molar refractivity (Wildman–Crippen MR) is 117 cm³/mol. The largest absolute Gasteiger partial charge is 0.496 e. The molecular weight excluding hydrogens is 422 g/mol.